The van der Waals surface area contributed by atoms with Crippen molar-refractivity contribution in [3.8, 4) is 0 Å². The smallest absolute Gasteiger partial charge is 0.250 e. The van der Waals surface area contributed by atoms with Gasteiger partial charge in [-0.15, -0.1) is 0 Å². The van der Waals surface area contributed by atoms with E-state index in [1.165, 1.54) is 19.3 Å². The molecule has 3 N–H and O–H groups in total. The van der Waals surface area contributed by atoms with Gasteiger partial charge in [-0.05, 0) is 30.7 Å². The second kappa shape index (κ2) is 10.3. The Balaban J connectivity index is 2.17. The molecular weight excluding hydrogens is 284 g/mol. The molecule has 1 amide bonds. The number of nitrogens with two attached hydrogens (primary N) is 1. The molecule has 0 bridgehead atoms. The largest absolute Gasteiger partial charge is 0.389 e. The molecule has 0 aliphatic heterocycles. The molecule has 0 atom stereocenters. The van der Waals surface area contributed by atoms with E-state index >= 15 is 0 Å². The number of anilines is 1. The van der Waals surface area contributed by atoms with E-state index in [-0.39, 0.29) is 12.5 Å². The number of rotatable bonds is 10. The fourth-order valence-corrected chi connectivity index (χ4v) is 2.02. The Bertz CT molecular complexity index is 446. The van der Waals surface area contributed by atoms with Crippen LogP contribution in [-0.4, -0.2) is 24.1 Å². The monoisotopic (exact) mass is 308 g/mol. The molecule has 1 rings (SSSR count). The summed E-state index contributed by atoms with van der Waals surface area (Å²) in [5.41, 5.74) is 7.01. The lowest BCUT2D eigenvalue weighted by Gasteiger charge is -2.07. The number of carbonyl (C=O) groups excluding carboxylic acids is 1. The van der Waals surface area contributed by atoms with Gasteiger partial charge < -0.3 is 15.8 Å². The molecule has 0 spiro atoms. The van der Waals surface area contributed by atoms with E-state index in [1.807, 2.05) is 0 Å². The van der Waals surface area contributed by atoms with Crippen molar-refractivity contribution in [3.05, 3.63) is 29.8 Å². The van der Waals surface area contributed by atoms with Crippen molar-refractivity contribution < 1.29 is 9.53 Å². The minimum absolute atomic E-state index is 0.0881. The van der Waals surface area contributed by atoms with Gasteiger partial charge in [0.05, 0.1) is 0 Å². The number of nitrogens with one attached hydrogen (secondary N) is 1. The van der Waals surface area contributed by atoms with Gasteiger partial charge in [-0.25, -0.2) is 0 Å². The maximum Gasteiger partial charge on any atom is 0.250 e. The van der Waals surface area contributed by atoms with E-state index in [4.69, 9.17) is 22.7 Å². The Morgan fingerprint density at radius 1 is 1.19 bits per heavy atom. The van der Waals surface area contributed by atoms with Gasteiger partial charge in [-0.1, -0.05) is 44.8 Å². The molecule has 1 aromatic rings. The Labute approximate surface area is 132 Å². The Hall–Kier alpha value is -1.46. The molecule has 0 heterocycles. The van der Waals surface area contributed by atoms with Crippen LogP contribution in [0.25, 0.3) is 0 Å². The van der Waals surface area contributed by atoms with Crippen LogP contribution in [0.5, 0.6) is 0 Å². The first-order chi connectivity index (χ1) is 10.1. The van der Waals surface area contributed by atoms with Crippen LogP contribution in [0.4, 0.5) is 5.69 Å². The lowest BCUT2D eigenvalue weighted by molar-refractivity contribution is -0.120. The SMILES string of the molecule is CCCCCCCOCC(=O)Nc1ccc(C(N)=S)cc1. The molecule has 21 heavy (non-hydrogen) atoms. The Morgan fingerprint density at radius 3 is 2.48 bits per heavy atom. The standard InChI is InChI=1S/C16H24N2O2S/c1-2-3-4-5-6-11-20-12-15(19)18-14-9-7-13(8-10-14)16(17)21/h7-10H,2-6,11-12H2,1H3,(H2,17,21)(H,18,19). The molecule has 0 radical (unpaired) electrons. The summed E-state index contributed by atoms with van der Waals surface area (Å²) in [5.74, 6) is -0.147. The first-order valence-electron chi connectivity index (χ1n) is 7.41. The number of ether oxygens (including phenoxy) is 1. The van der Waals surface area contributed by atoms with Crippen LogP contribution in [0.3, 0.4) is 0 Å². The number of carbonyl (C=O) groups is 1. The average molecular weight is 308 g/mol. The Morgan fingerprint density at radius 2 is 1.86 bits per heavy atom. The van der Waals surface area contributed by atoms with Crippen molar-refractivity contribution in [1.82, 2.24) is 0 Å². The molecule has 4 nitrogen and oxygen atoms in total. The number of hydrogen-bond acceptors (Lipinski definition) is 3. The molecule has 0 saturated heterocycles. The molecule has 0 fully saturated rings. The molecule has 0 saturated carbocycles. The topological polar surface area (TPSA) is 64.3 Å². The van der Waals surface area contributed by atoms with Crippen molar-refractivity contribution in [3.63, 3.8) is 0 Å². The minimum Gasteiger partial charge on any atom is -0.389 e. The average Bonchev–Trinajstić information content (AvgIpc) is 2.47. The van der Waals surface area contributed by atoms with Gasteiger partial charge in [0.2, 0.25) is 5.91 Å². The fourth-order valence-electron chi connectivity index (χ4n) is 1.89. The quantitative estimate of drug-likeness (QED) is 0.514. The first-order valence-corrected chi connectivity index (χ1v) is 7.81. The van der Waals surface area contributed by atoms with Crippen molar-refractivity contribution in [2.75, 3.05) is 18.5 Å². The third kappa shape index (κ3) is 7.78. The number of unbranched alkanes of at least 4 members (excludes halogenated alkanes) is 4. The predicted octanol–water partition coefficient (Wildman–Crippen LogP) is 3.25. The summed E-state index contributed by atoms with van der Waals surface area (Å²) in [7, 11) is 0. The van der Waals surface area contributed by atoms with E-state index in [1.54, 1.807) is 24.3 Å². The number of benzene rings is 1. The fraction of sp³-hybridized carbons (Fsp3) is 0.500. The van der Waals surface area contributed by atoms with Crippen LogP contribution in [0.1, 0.15) is 44.6 Å². The molecule has 1 aromatic carbocycles. The molecular formula is C16H24N2O2S. The highest BCUT2D eigenvalue weighted by atomic mass is 32.1. The van der Waals surface area contributed by atoms with Crippen LogP contribution in [-0.2, 0) is 9.53 Å². The van der Waals surface area contributed by atoms with E-state index in [9.17, 15) is 4.79 Å². The van der Waals surface area contributed by atoms with E-state index < -0.39 is 0 Å². The highest BCUT2D eigenvalue weighted by Gasteiger charge is 2.03. The van der Waals surface area contributed by atoms with Gasteiger partial charge in [-0.2, -0.15) is 0 Å². The summed E-state index contributed by atoms with van der Waals surface area (Å²) in [5, 5.41) is 2.77. The van der Waals surface area contributed by atoms with Crippen LogP contribution < -0.4 is 11.1 Å². The van der Waals surface area contributed by atoms with Crippen molar-refractivity contribution in [2.45, 2.75) is 39.0 Å². The zero-order valence-corrected chi connectivity index (χ0v) is 13.4. The van der Waals surface area contributed by atoms with Gasteiger partial charge in [-0.3, -0.25) is 4.79 Å². The van der Waals surface area contributed by atoms with E-state index in [0.717, 1.165) is 18.4 Å². The number of amides is 1. The normalized spacial score (nSPS) is 10.3. The zero-order chi connectivity index (χ0) is 15.5. The first kappa shape index (κ1) is 17.6. The van der Waals surface area contributed by atoms with Crippen molar-refractivity contribution in [1.29, 1.82) is 0 Å². The van der Waals surface area contributed by atoms with Crippen LogP contribution >= 0.6 is 12.2 Å². The van der Waals surface area contributed by atoms with Crippen molar-refractivity contribution in [2.24, 2.45) is 5.73 Å². The van der Waals surface area contributed by atoms with Crippen LogP contribution in [0.15, 0.2) is 24.3 Å². The second-order valence-corrected chi connectivity index (χ2v) is 5.40. The third-order valence-electron chi connectivity index (χ3n) is 3.08. The predicted molar refractivity (Wildman–Crippen MR) is 90.5 cm³/mol. The van der Waals surface area contributed by atoms with Gasteiger partial charge >= 0.3 is 0 Å². The Kier molecular flexibility index (Phi) is 8.62. The van der Waals surface area contributed by atoms with Gasteiger partial charge in [0.25, 0.3) is 0 Å². The summed E-state index contributed by atoms with van der Waals surface area (Å²) in [4.78, 5) is 12.0. The zero-order valence-electron chi connectivity index (χ0n) is 12.6. The van der Waals surface area contributed by atoms with Crippen LogP contribution in [0, 0.1) is 0 Å². The summed E-state index contributed by atoms with van der Waals surface area (Å²) in [6.07, 6.45) is 5.91. The second-order valence-electron chi connectivity index (χ2n) is 4.96. The van der Waals surface area contributed by atoms with E-state index in [2.05, 4.69) is 12.2 Å². The maximum absolute atomic E-state index is 11.7. The summed E-state index contributed by atoms with van der Waals surface area (Å²) in [6, 6.07) is 7.12. The minimum atomic E-state index is -0.147. The molecule has 0 aliphatic carbocycles. The summed E-state index contributed by atoms with van der Waals surface area (Å²) < 4.78 is 5.36. The van der Waals surface area contributed by atoms with Crippen molar-refractivity contribution >= 4 is 28.8 Å². The number of hydrogen-bond donors (Lipinski definition) is 2. The molecule has 0 aromatic heterocycles. The van der Waals surface area contributed by atoms with Gasteiger partial charge in [0.1, 0.15) is 11.6 Å². The van der Waals surface area contributed by atoms with Gasteiger partial charge in [0, 0.05) is 17.9 Å². The molecule has 0 unspecified atom stereocenters. The lowest BCUT2D eigenvalue weighted by atomic mass is 10.2. The van der Waals surface area contributed by atoms with Crippen LogP contribution in [0.2, 0.25) is 0 Å². The highest BCUT2D eigenvalue weighted by molar-refractivity contribution is 7.80. The maximum atomic E-state index is 11.7. The van der Waals surface area contributed by atoms with E-state index in [0.29, 0.717) is 17.3 Å². The number of thiocarbonyl (C=S) groups is 1. The highest BCUT2D eigenvalue weighted by Crippen LogP contribution is 2.09. The molecule has 116 valence electrons. The lowest BCUT2D eigenvalue weighted by Crippen LogP contribution is -2.18. The molecule has 5 heteroatoms. The third-order valence-corrected chi connectivity index (χ3v) is 3.31. The summed E-state index contributed by atoms with van der Waals surface area (Å²) >= 11 is 4.87. The summed E-state index contributed by atoms with van der Waals surface area (Å²) in [6.45, 7) is 2.91. The molecule has 0 aliphatic rings. The van der Waals surface area contributed by atoms with Gasteiger partial charge in [0.15, 0.2) is 0 Å².